The van der Waals surface area contributed by atoms with E-state index in [-0.39, 0.29) is 0 Å². The molecule has 1 atom stereocenters. The van der Waals surface area contributed by atoms with Gasteiger partial charge in [0.2, 0.25) is 0 Å². The van der Waals surface area contributed by atoms with Crippen LogP contribution in [0.4, 0.5) is 0 Å². The Hall–Kier alpha value is -0.0400. The van der Waals surface area contributed by atoms with E-state index in [0.29, 0.717) is 6.61 Å². The zero-order valence-electron chi connectivity index (χ0n) is 9.67. The number of hydrogen-bond acceptors (Lipinski definition) is 1. The van der Waals surface area contributed by atoms with Gasteiger partial charge >= 0.3 is 0 Å². The van der Waals surface area contributed by atoms with Gasteiger partial charge in [0.05, 0.1) is 0 Å². The molecular weight excluding hydrogens is 172 g/mol. The number of hydrogen-bond donors (Lipinski definition) is 1. The first-order valence-corrected chi connectivity index (χ1v) is 6.43. The van der Waals surface area contributed by atoms with Crippen molar-refractivity contribution in [3.05, 3.63) is 0 Å². The molecule has 1 rings (SSSR count). The summed E-state index contributed by atoms with van der Waals surface area (Å²) in [7, 11) is 0. The van der Waals surface area contributed by atoms with Crippen molar-refractivity contribution in [1.82, 2.24) is 0 Å². The van der Waals surface area contributed by atoms with Crippen LogP contribution in [0.3, 0.4) is 0 Å². The smallest absolute Gasteiger partial charge is 0.0433 e. The molecule has 84 valence electrons. The molecule has 1 fully saturated rings. The molecule has 1 saturated carbocycles. The first-order chi connectivity index (χ1) is 6.83. The molecule has 0 aromatic carbocycles. The normalized spacial score (nSPS) is 20.1. The molecule has 14 heavy (non-hydrogen) atoms. The second kappa shape index (κ2) is 7.28. The van der Waals surface area contributed by atoms with E-state index in [1.165, 1.54) is 51.4 Å². The average molecular weight is 198 g/mol. The summed E-state index contributed by atoms with van der Waals surface area (Å²) in [5, 5.41) is 8.77. The van der Waals surface area contributed by atoms with Crippen LogP contribution in [0.1, 0.15) is 64.7 Å². The summed E-state index contributed by atoms with van der Waals surface area (Å²) >= 11 is 0. The lowest BCUT2D eigenvalue weighted by Gasteiger charge is -2.11. The van der Waals surface area contributed by atoms with Gasteiger partial charge in [0.25, 0.3) is 0 Å². The Bertz CT molecular complexity index is 127. The highest BCUT2D eigenvalue weighted by molar-refractivity contribution is 4.67. The molecule has 0 unspecified atom stereocenters. The van der Waals surface area contributed by atoms with E-state index in [9.17, 15) is 0 Å². The Morgan fingerprint density at radius 3 is 2.50 bits per heavy atom. The molecule has 0 aromatic heterocycles. The average Bonchev–Trinajstić information content (AvgIpc) is 2.65. The summed E-state index contributed by atoms with van der Waals surface area (Å²) in [5.74, 6) is 1.78. The van der Waals surface area contributed by atoms with Crippen LogP contribution in [0.15, 0.2) is 0 Å². The predicted molar refractivity (Wildman–Crippen MR) is 61.3 cm³/mol. The molecule has 0 heterocycles. The summed E-state index contributed by atoms with van der Waals surface area (Å²) in [6.45, 7) is 2.62. The van der Waals surface area contributed by atoms with Crippen LogP contribution >= 0.6 is 0 Å². The lowest BCUT2D eigenvalue weighted by atomic mass is 9.96. The van der Waals surface area contributed by atoms with Crippen molar-refractivity contribution in [2.75, 3.05) is 6.61 Å². The second-order valence-electron chi connectivity index (χ2n) is 5.05. The molecule has 0 aliphatic heterocycles. The standard InChI is InChI=1S/C13H26O/c1-12(10-11-14)6-2-3-7-13-8-4-5-9-13/h12-14H,2-11H2,1H3/t12-/m1/s1. The highest BCUT2D eigenvalue weighted by Gasteiger charge is 2.14. The molecule has 1 nitrogen and oxygen atoms in total. The van der Waals surface area contributed by atoms with Gasteiger partial charge < -0.3 is 5.11 Å². The van der Waals surface area contributed by atoms with Gasteiger partial charge in [-0.15, -0.1) is 0 Å². The monoisotopic (exact) mass is 198 g/mol. The van der Waals surface area contributed by atoms with Crippen LogP contribution < -0.4 is 0 Å². The van der Waals surface area contributed by atoms with Crippen LogP contribution in [-0.4, -0.2) is 11.7 Å². The molecule has 0 saturated heterocycles. The van der Waals surface area contributed by atoms with E-state index < -0.39 is 0 Å². The van der Waals surface area contributed by atoms with E-state index in [2.05, 4.69) is 6.92 Å². The van der Waals surface area contributed by atoms with Gasteiger partial charge in [-0.25, -0.2) is 0 Å². The fourth-order valence-electron chi connectivity index (χ4n) is 2.59. The molecule has 1 aliphatic carbocycles. The highest BCUT2D eigenvalue weighted by atomic mass is 16.3. The minimum absolute atomic E-state index is 0.365. The minimum atomic E-state index is 0.365. The van der Waals surface area contributed by atoms with Crippen molar-refractivity contribution in [2.45, 2.75) is 64.7 Å². The summed E-state index contributed by atoms with van der Waals surface area (Å²) < 4.78 is 0. The third-order valence-corrected chi connectivity index (χ3v) is 3.66. The minimum Gasteiger partial charge on any atom is -0.396 e. The molecule has 1 heteroatoms. The maximum absolute atomic E-state index is 8.77. The van der Waals surface area contributed by atoms with Gasteiger partial charge in [0, 0.05) is 6.61 Å². The number of rotatable bonds is 7. The van der Waals surface area contributed by atoms with E-state index in [4.69, 9.17) is 5.11 Å². The molecule has 0 aromatic rings. The maximum atomic E-state index is 8.77. The van der Waals surface area contributed by atoms with E-state index in [1.807, 2.05) is 0 Å². The van der Waals surface area contributed by atoms with Gasteiger partial charge in [-0.05, 0) is 18.3 Å². The molecule has 0 spiro atoms. The fraction of sp³-hybridized carbons (Fsp3) is 1.00. The van der Waals surface area contributed by atoms with Crippen LogP contribution in [0, 0.1) is 11.8 Å². The SMILES string of the molecule is C[C@@H](CCO)CCCCC1CCCC1. The summed E-state index contributed by atoms with van der Waals surface area (Å²) in [6, 6.07) is 0. The number of unbranched alkanes of at least 4 members (excludes halogenated alkanes) is 1. The lowest BCUT2D eigenvalue weighted by Crippen LogP contribution is -1.99. The molecule has 0 amide bonds. The van der Waals surface area contributed by atoms with Gasteiger partial charge in [0.1, 0.15) is 0 Å². The Morgan fingerprint density at radius 2 is 1.86 bits per heavy atom. The zero-order valence-corrected chi connectivity index (χ0v) is 9.67. The third kappa shape index (κ3) is 4.99. The molecular formula is C13H26O. The van der Waals surface area contributed by atoms with Crippen LogP contribution in [0.5, 0.6) is 0 Å². The molecule has 1 aliphatic rings. The van der Waals surface area contributed by atoms with E-state index in [1.54, 1.807) is 0 Å². The zero-order chi connectivity index (χ0) is 10.2. The number of aliphatic hydroxyl groups is 1. The third-order valence-electron chi connectivity index (χ3n) is 3.66. The first-order valence-electron chi connectivity index (χ1n) is 6.43. The van der Waals surface area contributed by atoms with Crippen molar-refractivity contribution < 1.29 is 5.11 Å². The number of aliphatic hydroxyl groups excluding tert-OH is 1. The first kappa shape index (κ1) is 12.0. The molecule has 0 bridgehead atoms. The Labute approximate surface area is 88.9 Å². The van der Waals surface area contributed by atoms with Crippen molar-refractivity contribution in [2.24, 2.45) is 11.8 Å². The lowest BCUT2D eigenvalue weighted by molar-refractivity contribution is 0.256. The fourth-order valence-corrected chi connectivity index (χ4v) is 2.59. The van der Waals surface area contributed by atoms with E-state index in [0.717, 1.165) is 18.3 Å². The van der Waals surface area contributed by atoms with Crippen LogP contribution in [0.25, 0.3) is 0 Å². The largest absolute Gasteiger partial charge is 0.396 e. The van der Waals surface area contributed by atoms with Gasteiger partial charge in [0.15, 0.2) is 0 Å². The summed E-state index contributed by atoms with van der Waals surface area (Å²) in [5.41, 5.74) is 0. The quantitative estimate of drug-likeness (QED) is 0.618. The van der Waals surface area contributed by atoms with Crippen LogP contribution in [0.2, 0.25) is 0 Å². The van der Waals surface area contributed by atoms with E-state index >= 15 is 0 Å². The Morgan fingerprint density at radius 1 is 1.14 bits per heavy atom. The summed E-state index contributed by atoms with van der Waals surface area (Å²) in [4.78, 5) is 0. The van der Waals surface area contributed by atoms with Gasteiger partial charge in [-0.3, -0.25) is 0 Å². The van der Waals surface area contributed by atoms with Crippen molar-refractivity contribution >= 4 is 0 Å². The van der Waals surface area contributed by atoms with Crippen molar-refractivity contribution in [3.63, 3.8) is 0 Å². The van der Waals surface area contributed by atoms with Gasteiger partial charge in [-0.1, -0.05) is 58.3 Å². The van der Waals surface area contributed by atoms with Crippen molar-refractivity contribution in [3.8, 4) is 0 Å². The summed E-state index contributed by atoms with van der Waals surface area (Å²) in [6.07, 6.45) is 12.5. The molecule has 0 radical (unpaired) electrons. The van der Waals surface area contributed by atoms with Crippen LogP contribution in [-0.2, 0) is 0 Å². The highest BCUT2D eigenvalue weighted by Crippen LogP contribution is 2.29. The molecule has 1 N–H and O–H groups in total. The second-order valence-corrected chi connectivity index (χ2v) is 5.05. The predicted octanol–water partition coefficient (Wildman–Crippen LogP) is 3.76. The van der Waals surface area contributed by atoms with Gasteiger partial charge in [-0.2, -0.15) is 0 Å². The maximum Gasteiger partial charge on any atom is 0.0433 e. The Balaban J connectivity index is 1.88. The van der Waals surface area contributed by atoms with Crippen molar-refractivity contribution in [1.29, 1.82) is 0 Å². The topological polar surface area (TPSA) is 20.2 Å². The Kier molecular flexibility index (Phi) is 6.25.